The summed E-state index contributed by atoms with van der Waals surface area (Å²) in [6, 6.07) is 0. The van der Waals surface area contributed by atoms with E-state index in [1.807, 2.05) is 6.92 Å². The predicted molar refractivity (Wildman–Crippen MR) is 65.6 cm³/mol. The SMILES string of the molecule is CCNC(CN1CCOCC1)(C(N)=O)C1CC1. The van der Waals surface area contributed by atoms with E-state index in [2.05, 4.69) is 10.2 Å². The average molecular weight is 241 g/mol. The Morgan fingerprint density at radius 1 is 1.47 bits per heavy atom. The van der Waals surface area contributed by atoms with Crippen LogP contribution in [-0.2, 0) is 9.53 Å². The lowest BCUT2D eigenvalue weighted by molar-refractivity contribution is -0.126. The van der Waals surface area contributed by atoms with E-state index in [0.717, 1.165) is 52.2 Å². The predicted octanol–water partition coefficient (Wildman–Crippen LogP) is -0.438. The fraction of sp³-hybridized carbons (Fsp3) is 0.917. The fourth-order valence-corrected chi connectivity index (χ4v) is 2.70. The van der Waals surface area contributed by atoms with Gasteiger partial charge in [-0.1, -0.05) is 6.92 Å². The number of primary amides is 1. The van der Waals surface area contributed by atoms with Gasteiger partial charge in [0.05, 0.1) is 13.2 Å². The zero-order chi connectivity index (χ0) is 12.3. The molecular weight excluding hydrogens is 218 g/mol. The molecule has 0 bridgehead atoms. The van der Waals surface area contributed by atoms with Crippen molar-refractivity contribution in [1.29, 1.82) is 0 Å². The van der Waals surface area contributed by atoms with Crippen molar-refractivity contribution in [3.05, 3.63) is 0 Å². The molecule has 1 atom stereocenters. The molecule has 1 aliphatic carbocycles. The molecule has 17 heavy (non-hydrogen) atoms. The van der Waals surface area contributed by atoms with Crippen molar-refractivity contribution in [1.82, 2.24) is 10.2 Å². The Balaban J connectivity index is 2.05. The Bertz CT molecular complexity index is 275. The van der Waals surface area contributed by atoms with E-state index in [0.29, 0.717) is 5.92 Å². The summed E-state index contributed by atoms with van der Waals surface area (Å²) in [4.78, 5) is 14.2. The second-order valence-electron chi connectivity index (χ2n) is 5.03. The highest BCUT2D eigenvalue weighted by Crippen LogP contribution is 2.40. The van der Waals surface area contributed by atoms with Crippen molar-refractivity contribution in [2.75, 3.05) is 39.4 Å². The second-order valence-corrected chi connectivity index (χ2v) is 5.03. The van der Waals surface area contributed by atoms with Gasteiger partial charge in [-0.05, 0) is 25.3 Å². The van der Waals surface area contributed by atoms with Crippen LogP contribution in [0.25, 0.3) is 0 Å². The molecule has 1 unspecified atom stereocenters. The first kappa shape index (κ1) is 12.8. The third kappa shape index (κ3) is 2.78. The molecule has 0 radical (unpaired) electrons. The van der Waals surface area contributed by atoms with E-state index in [1.54, 1.807) is 0 Å². The summed E-state index contributed by atoms with van der Waals surface area (Å²) in [5.41, 5.74) is 5.13. The van der Waals surface area contributed by atoms with Crippen LogP contribution in [0.15, 0.2) is 0 Å². The number of likely N-dealkylation sites (N-methyl/N-ethyl adjacent to an activating group) is 1. The van der Waals surface area contributed by atoms with Crippen molar-refractivity contribution < 1.29 is 9.53 Å². The molecule has 2 fully saturated rings. The van der Waals surface area contributed by atoms with Crippen LogP contribution in [0.3, 0.4) is 0 Å². The molecular formula is C12H23N3O2. The van der Waals surface area contributed by atoms with E-state index in [9.17, 15) is 4.79 Å². The number of hydrogen-bond acceptors (Lipinski definition) is 4. The van der Waals surface area contributed by atoms with Gasteiger partial charge in [0, 0.05) is 19.6 Å². The summed E-state index contributed by atoms with van der Waals surface area (Å²) in [6.45, 7) is 6.84. The summed E-state index contributed by atoms with van der Waals surface area (Å²) in [5, 5.41) is 3.35. The van der Waals surface area contributed by atoms with Crippen molar-refractivity contribution in [3.8, 4) is 0 Å². The monoisotopic (exact) mass is 241 g/mol. The molecule has 0 aromatic carbocycles. The maximum Gasteiger partial charge on any atom is 0.239 e. The number of hydrogen-bond donors (Lipinski definition) is 2. The molecule has 3 N–H and O–H groups in total. The number of nitrogens with zero attached hydrogens (tertiary/aromatic N) is 1. The Labute approximate surface area is 103 Å². The van der Waals surface area contributed by atoms with E-state index >= 15 is 0 Å². The smallest absolute Gasteiger partial charge is 0.239 e. The third-order valence-electron chi connectivity index (χ3n) is 3.78. The number of morpholine rings is 1. The van der Waals surface area contributed by atoms with E-state index < -0.39 is 5.54 Å². The Morgan fingerprint density at radius 2 is 2.12 bits per heavy atom. The van der Waals surface area contributed by atoms with E-state index in [4.69, 9.17) is 10.5 Å². The number of carbonyl (C=O) groups excluding carboxylic acids is 1. The van der Waals surface area contributed by atoms with Crippen LogP contribution in [0.2, 0.25) is 0 Å². The first-order chi connectivity index (χ1) is 8.19. The van der Waals surface area contributed by atoms with Gasteiger partial charge in [-0.2, -0.15) is 0 Å². The van der Waals surface area contributed by atoms with Crippen molar-refractivity contribution >= 4 is 5.91 Å². The van der Waals surface area contributed by atoms with Crippen LogP contribution in [0.1, 0.15) is 19.8 Å². The van der Waals surface area contributed by atoms with Gasteiger partial charge in [-0.3, -0.25) is 9.69 Å². The highest BCUT2D eigenvalue weighted by atomic mass is 16.5. The van der Waals surface area contributed by atoms with Crippen molar-refractivity contribution in [2.45, 2.75) is 25.3 Å². The van der Waals surface area contributed by atoms with Gasteiger partial charge in [0.2, 0.25) is 5.91 Å². The van der Waals surface area contributed by atoms with Gasteiger partial charge in [0.15, 0.2) is 0 Å². The minimum Gasteiger partial charge on any atom is -0.379 e. The first-order valence-electron chi connectivity index (χ1n) is 6.54. The molecule has 1 saturated heterocycles. The van der Waals surface area contributed by atoms with Crippen LogP contribution in [0.5, 0.6) is 0 Å². The lowest BCUT2D eigenvalue weighted by Crippen LogP contribution is -2.64. The highest BCUT2D eigenvalue weighted by Gasteiger charge is 2.50. The lowest BCUT2D eigenvalue weighted by atomic mass is 9.91. The van der Waals surface area contributed by atoms with E-state index in [-0.39, 0.29) is 5.91 Å². The topological polar surface area (TPSA) is 67.6 Å². The van der Waals surface area contributed by atoms with Gasteiger partial charge in [0.25, 0.3) is 0 Å². The average Bonchev–Trinajstić information content (AvgIpc) is 3.13. The van der Waals surface area contributed by atoms with Gasteiger partial charge in [-0.25, -0.2) is 0 Å². The second kappa shape index (κ2) is 5.33. The van der Waals surface area contributed by atoms with Gasteiger partial charge >= 0.3 is 0 Å². The van der Waals surface area contributed by atoms with Crippen LogP contribution >= 0.6 is 0 Å². The molecule has 1 heterocycles. The maximum absolute atomic E-state index is 11.9. The largest absolute Gasteiger partial charge is 0.379 e. The van der Waals surface area contributed by atoms with Gasteiger partial charge < -0.3 is 15.8 Å². The number of amides is 1. The molecule has 2 aliphatic rings. The Hall–Kier alpha value is -0.650. The minimum atomic E-state index is -0.522. The number of carbonyl (C=O) groups is 1. The molecule has 1 aliphatic heterocycles. The molecule has 0 aromatic heterocycles. The molecule has 1 amide bonds. The zero-order valence-corrected chi connectivity index (χ0v) is 10.6. The zero-order valence-electron chi connectivity index (χ0n) is 10.6. The molecule has 98 valence electrons. The number of nitrogens with one attached hydrogen (secondary N) is 1. The summed E-state index contributed by atoms with van der Waals surface area (Å²) in [5.74, 6) is 0.219. The normalized spacial score (nSPS) is 25.5. The number of nitrogens with two attached hydrogens (primary N) is 1. The summed E-state index contributed by atoms with van der Waals surface area (Å²) >= 11 is 0. The standard InChI is InChI=1S/C12H23N3O2/c1-2-14-12(11(13)16,10-3-4-10)9-15-5-7-17-8-6-15/h10,14H,2-9H2,1H3,(H2,13,16). The van der Waals surface area contributed by atoms with Gasteiger partial charge in [0.1, 0.15) is 5.54 Å². The first-order valence-corrected chi connectivity index (χ1v) is 6.54. The van der Waals surface area contributed by atoms with Gasteiger partial charge in [-0.15, -0.1) is 0 Å². The molecule has 1 saturated carbocycles. The van der Waals surface area contributed by atoms with E-state index in [1.165, 1.54) is 0 Å². The summed E-state index contributed by atoms with van der Waals surface area (Å²) in [6.07, 6.45) is 2.22. The van der Waals surface area contributed by atoms with Crippen LogP contribution in [0, 0.1) is 5.92 Å². The fourth-order valence-electron chi connectivity index (χ4n) is 2.70. The van der Waals surface area contributed by atoms with Crippen molar-refractivity contribution in [2.24, 2.45) is 11.7 Å². The Morgan fingerprint density at radius 3 is 2.59 bits per heavy atom. The molecule has 2 rings (SSSR count). The minimum absolute atomic E-state index is 0.201. The quantitative estimate of drug-likeness (QED) is 0.662. The maximum atomic E-state index is 11.9. The number of rotatable bonds is 6. The molecule has 0 spiro atoms. The van der Waals surface area contributed by atoms with Crippen LogP contribution in [-0.4, -0.2) is 55.7 Å². The lowest BCUT2D eigenvalue weighted by Gasteiger charge is -2.38. The van der Waals surface area contributed by atoms with Crippen LogP contribution in [0.4, 0.5) is 0 Å². The van der Waals surface area contributed by atoms with Crippen LogP contribution < -0.4 is 11.1 Å². The Kier molecular flexibility index (Phi) is 4.01. The number of ether oxygens (including phenoxy) is 1. The van der Waals surface area contributed by atoms with Crippen molar-refractivity contribution in [3.63, 3.8) is 0 Å². The highest BCUT2D eigenvalue weighted by molar-refractivity contribution is 5.86. The molecule has 5 nitrogen and oxygen atoms in total. The summed E-state index contributed by atoms with van der Waals surface area (Å²) in [7, 11) is 0. The molecule has 0 aromatic rings. The molecule has 5 heteroatoms. The third-order valence-corrected chi connectivity index (χ3v) is 3.78. The summed E-state index contributed by atoms with van der Waals surface area (Å²) < 4.78 is 5.33.